The fourth-order valence-electron chi connectivity index (χ4n) is 2.53. The number of aromatic nitrogens is 2. The molecule has 2 aromatic carbocycles. The quantitative estimate of drug-likeness (QED) is 0.303. The smallest absolute Gasteiger partial charge is 0.269 e. The molecule has 0 atom stereocenters. The van der Waals surface area contributed by atoms with Crippen LogP contribution in [-0.2, 0) is 11.3 Å². The Labute approximate surface area is 158 Å². The average molecular weight is 384 g/mol. The molecule has 0 bridgehead atoms. The van der Waals surface area contributed by atoms with Crippen molar-refractivity contribution in [3.63, 3.8) is 0 Å². The van der Waals surface area contributed by atoms with Crippen LogP contribution >= 0.6 is 11.8 Å². The maximum atomic E-state index is 12.6. The second-order valence-corrected chi connectivity index (χ2v) is 6.54. The highest BCUT2D eigenvalue weighted by Gasteiger charge is 2.12. The fraction of sp³-hybridized carbons (Fsp3) is 0.167. The molecule has 1 heterocycles. The molecule has 0 aliphatic carbocycles. The van der Waals surface area contributed by atoms with Gasteiger partial charge in [-0.3, -0.25) is 24.3 Å². The molecule has 0 saturated heterocycles. The number of carbonyl (C=O) groups excluding carboxylic acids is 1. The molecule has 0 saturated carbocycles. The normalized spacial score (nSPS) is 10.7. The Hall–Kier alpha value is -3.20. The average Bonchev–Trinajstić information content (AvgIpc) is 2.67. The minimum atomic E-state index is -0.503. The number of carbonyl (C=O) groups is 1. The van der Waals surface area contributed by atoms with Crippen molar-refractivity contribution in [1.29, 1.82) is 0 Å². The Kier molecular flexibility index (Phi) is 5.51. The van der Waals surface area contributed by atoms with Crippen LogP contribution in [0.15, 0.2) is 58.5 Å². The molecule has 27 heavy (non-hydrogen) atoms. The number of para-hydroxylation sites is 1. The molecule has 0 unspecified atom stereocenters. The number of hydrogen-bond acceptors (Lipinski definition) is 6. The van der Waals surface area contributed by atoms with Gasteiger partial charge in [0.1, 0.15) is 0 Å². The van der Waals surface area contributed by atoms with Crippen LogP contribution in [0.1, 0.15) is 6.92 Å². The molecular formula is C18H16N4O4S. The van der Waals surface area contributed by atoms with Crippen molar-refractivity contribution < 1.29 is 9.72 Å². The number of nitrogens with one attached hydrogen (secondary N) is 1. The number of fused-ring (bicyclic) bond motifs is 1. The van der Waals surface area contributed by atoms with Gasteiger partial charge in [0.05, 0.1) is 21.6 Å². The zero-order chi connectivity index (χ0) is 19.4. The lowest BCUT2D eigenvalue weighted by atomic mass is 10.2. The summed E-state index contributed by atoms with van der Waals surface area (Å²) in [7, 11) is 0. The van der Waals surface area contributed by atoms with Crippen LogP contribution in [0.4, 0.5) is 11.4 Å². The van der Waals surface area contributed by atoms with Crippen molar-refractivity contribution in [1.82, 2.24) is 9.55 Å². The van der Waals surface area contributed by atoms with E-state index in [0.29, 0.717) is 28.3 Å². The van der Waals surface area contributed by atoms with Gasteiger partial charge in [-0.05, 0) is 31.2 Å². The van der Waals surface area contributed by atoms with Crippen molar-refractivity contribution in [2.45, 2.75) is 18.6 Å². The third-order valence-electron chi connectivity index (χ3n) is 3.84. The van der Waals surface area contributed by atoms with E-state index < -0.39 is 4.92 Å². The fourth-order valence-corrected chi connectivity index (χ4v) is 3.39. The summed E-state index contributed by atoms with van der Waals surface area (Å²) in [6, 6.07) is 12.7. The number of hydrogen-bond donors (Lipinski definition) is 1. The Morgan fingerprint density at radius 3 is 2.59 bits per heavy atom. The van der Waals surface area contributed by atoms with E-state index in [2.05, 4.69) is 10.3 Å². The molecule has 0 spiro atoms. The lowest BCUT2D eigenvalue weighted by molar-refractivity contribution is -0.384. The largest absolute Gasteiger partial charge is 0.325 e. The zero-order valence-electron chi connectivity index (χ0n) is 14.4. The lowest BCUT2D eigenvalue weighted by Gasteiger charge is -2.11. The van der Waals surface area contributed by atoms with Crippen LogP contribution in [-0.4, -0.2) is 26.1 Å². The van der Waals surface area contributed by atoms with Crippen molar-refractivity contribution in [2.75, 3.05) is 11.1 Å². The highest BCUT2D eigenvalue weighted by Crippen LogP contribution is 2.19. The van der Waals surface area contributed by atoms with Crippen molar-refractivity contribution in [3.05, 3.63) is 69.0 Å². The Morgan fingerprint density at radius 1 is 1.22 bits per heavy atom. The number of thioether (sulfide) groups is 1. The molecule has 1 amide bonds. The topological polar surface area (TPSA) is 107 Å². The minimum Gasteiger partial charge on any atom is -0.325 e. The summed E-state index contributed by atoms with van der Waals surface area (Å²) < 4.78 is 1.53. The summed E-state index contributed by atoms with van der Waals surface area (Å²) in [4.78, 5) is 39.4. The first-order valence-electron chi connectivity index (χ1n) is 8.16. The van der Waals surface area contributed by atoms with E-state index in [9.17, 15) is 19.7 Å². The predicted octanol–water partition coefficient (Wildman–Crippen LogP) is 3.06. The van der Waals surface area contributed by atoms with Crippen LogP contribution in [0.5, 0.6) is 0 Å². The monoisotopic (exact) mass is 384 g/mol. The molecular weight excluding hydrogens is 368 g/mol. The molecule has 3 aromatic rings. The first-order valence-corrected chi connectivity index (χ1v) is 9.15. The third-order valence-corrected chi connectivity index (χ3v) is 4.81. The number of rotatable bonds is 6. The maximum Gasteiger partial charge on any atom is 0.269 e. The van der Waals surface area contributed by atoms with Crippen LogP contribution in [0, 0.1) is 10.1 Å². The Bertz CT molecular complexity index is 1060. The second-order valence-electron chi connectivity index (χ2n) is 5.60. The first kappa shape index (κ1) is 18.6. The van der Waals surface area contributed by atoms with E-state index >= 15 is 0 Å². The van der Waals surface area contributed by atoms with Crippen LogP contribution in [0.3, 0.4) is 0 Å². The van der Waals surface area contributed by atoms with Gasteiger partial charge in [0, 0.05) is 24.4 Å². The number of nitro benzene ring substituents is 1. The maximum absolute atomic E-state index is 12.6. The molecule has 1 aromatic heterocycles. The van der Waals surface area contributed by atoms with E-state index in [-0.39, 0.29) is 22.9 Å². The minimum absolute atomic E-state index is 0.0466. The van der Waals surface area contributed by atoms with Gasteiger partial charge in [0.2, 0.25) is 5.91 Å². The van der Waals surface area contributed by atoms with Crippen LogP contribution < -0.4 is 10.9 Å². The van der Waals surface area contributed by atoms with Gasteiger partial charge in [-0.2, -0.15) is 0 Å². The van der Waals surface area contributed by atoms with Gasteiger partial charge in [0.25, 0.3) is 11.2 Å². The first-order chi connectivity index (χ1) is 13.0. The van der Waals surface area contributed by atoms with Gasteiger partial charge in [-0.1, -0.05) is 23.9 Å². The molecule has 138 valence electrons. The zero-order valence-corrected chi connectivity index (χ0v) is 15.2. The number of amides is 1. The summed E-state index contributed by atoms with van der Waals surface area (Å²) >= 11 is 1.17. The lowest BCUT2D eigenvalue weighted by Crippen LogP contribution is -2.23. The van der Waals surface area contributed by atoms with E-state index in [1.54, 1.807) is 24.3 Å². The number of nitrogens with zero attached hydrogens (tertiary/aromatic N) is 3. The van der Waals surface area contributed by atoms with Gasteiger partial charge >= 0.3 is 0 Å². The molecule has 0 aliphatic heterocycles. The molecule has 1 N–H and O–H groups in total. The molecule has 3 rings (SSSR count). The summed E-state index contributed by atoms with van der Waals surface area (Å²) in [6.45, 7) is 2.29. The van der Waals surface area contributed by atoms with Gasteiger partial charge in [0.15, 0.2) is 5.16 Å². The van der Waals surface area contributed by atoms with Crippen LogP contribution in [0.25, 0.3) is 10.9 Å². The van der Waals surface area contributed by atoms with Gasteiger partial charge < -0.3 is 5.32 Å². The van der Waals surface area contributed by atoms with E-state index in [0.717, 1.165) is 0 Å². The summed E-state index contributed by atoms with van der Waals surface area (Å²) in [6.07, 6.45) is 0. The Morgan fingerprint density at radius 2 is 1.93 bits per heavy atom. The van der Waals surface area contributed by atoms with E-state index in [1.165, 1.54) is 40.6 Å². The second kappa shape index (κ2) is 8.00. The molecule has 0 fully saturated rings. The van der Waals surface area contributed by atoms with Crippen molar-refractivity contribution in [2.24, 2.45) is 0 Å². The van der Waals surface area contributed by atoms with Gasteiger partial charge in [-0.25, -0.2) is 4.98 Å². The van der Waals surface area contributed by atoms with E-state index in [1.807, 2.05) is 6.92 Å². The molecule has 8 nitrogen and oxygen atoms in total. The molecule has 0 radical (unpaired) electrons. The highest BCUT2D eigenvalue weighted by molar-refractivity contribution is 7.99. The standard InChI is InChI=1S/C18H16N4O4S/c1-2-21-17(24)14-5-3-4-6-15(14)20-18(21)27-11-16(23)19-12-7-9-13(10-8-12)22(25)26/h3-10H,2,11H2,1H3,(H,19,23). The van der Waals surface area contributed by atoms with Gasteiger partial charge in [-0.15, -0.1) is 0 Å². The highest BCUT2D eigenvalue weighted by atomic mass is 32.2. The summed E-state index contributed by atoms with van der Waals surface area (Å²) in [5.41, 5.74) is 0.868. The third kappa shape index (κ3) is 4.14. The molecule has 9 heteroatoms. The summed E-state index contributed by atoms with van der Waals surface area (Å²) in [5.74, 6) is -0.235. The number of nitro groups is 1. The Balaban J connectivity index is 1.73. The van der Waals surface area contributed by atoms with Crippen molar-refractivity contribution in [3.8, 4) is 0 Å². The number of benzene rings is 2. The van der Waals surface area contributed by atoms with E-state index in [4.69, 9.17) is 0 Å². The van der Waals surface area contributed by atoms with Crippen molar-refractivity contribution >= 4 is 39.9 Å². The van der Waals surface area contributed by atoms with Crippen LogP contribution in [0.2, 0.25) is 0 Å². The summed E-state index contributed by atoms with van der Waals surface area (Å²) in [5, 5.41) is 14.3. The number of anilines is 1. The SMILES string of the molecule is CCn1c(SCC(=O)Nc2ccc([N+](=O)[O-])cc2)nc2ccccc2c1=O. The molecule has 0 aliphatic rings. The predicted molar refractivity (Wildman–Crippen MR) is 104 cm³/mol. The number of non-ortho nitro benzene ring substituents is 1.